The minimum absolute atomic E-state index is 0.130. The SMILES string of the molecule is COc1ccccc1N(C(C)=O)c1nc(CSc2nccn2-c2cccc(Cl)c2)cs1. The first-order valence-corrected chi connectivity index (χ1v) is 11.6. The number of aromatic nitrogens is 3. The molecule has 0 fully saturated rings. The molecule has 0 bridgehead atoms. The summed E-state index contributed by atoms with van der Waals surface area (Å²) in [5, 5.41) is 4.07. The van der Waals surface area contributed by atoms with E-state index in [0.717, 1.165) is 16.5 Å². The van der Waals surface area contributed by atoms with E-state index in [1.165, 1.54) is 18.3 Å². The number of carbonyl (C=O) groups is 1. The molecule has 0 radical (unpaired) electrons. The summed E-state index contributed by atoms with van der Waals surface area (Å²) < 4.78 is 7.41. The van der Waals surface area contributed by atoms with Crippen molar-refractivity contribution in [1.82, 2.24) is 14.5 Å². The molecule has 158 valence electrons. The molecule has 0 spiro atoms. The van der Waals surface area contributed by atoms with Crippen molar-refractivity contribution < 1.29 is 9.53 Å². The third-order valence-corrected chi connectivity index (χ3v) is 6.52. The molecule has 2 aromatic heterocycles. The molecule has 2 aromatic carbocycles. The fourth-order valence-electron chi connectivity index (χ4n) is 3.04. The first-order valence-electron chi connectivity index (χ1n) is 9.37. The largest absolute Gasteiger partial charge is 0.495 e. The van der Waals surface area contributed by atoms with Gasteiger partial charge in [-0.25, -0.2) is 9.97 Å². The molecular formula is C22H19ClN4O2S2. The van der Waals surface area contributed by atoms with Crippen molar-refractivity contribution in [2.45, 2.75) is 17.8 Å². The highest BCUT2D eigenvalue weighted by molar-refractivity contribution is 7.98. The number of thiazole rings is 1. The Bertz CT molecular complexity index is 1210. The number of halogens is 1. The molecule has 4 rings (SSSR count). The zero-order valence-corrected chi connectivity index (χ0v) is 19.2. The van der Waals surface area contributed by atoms with E-state index >= 15 is 0 Å². The van der Waals surface area contributed by atoms with Gasteiger partial charge in [-0.15, -0.1) is 11.3 Å². The quantitative estimate of drug-likeness (QED) is 0.311. The average Bonchev–Trinajstić information content (AvgIpc) is 3.42. The van der Waals surface area contributed by atoms with Crippen LogP contribution in [0.4, 0.5) is 10.8 Å². The van der Waals surface area contributed by atoms with Crippen LogP contribution in [0.5, 0.6) is 5.75 Å². The first kappa shape index (κ1) is 21.4. The van der Waals surface area contributed by atoms with Gasteiger partial charge in [0.25, 0.3) is 0 Å². The number of anilines is 2. The highest BCUT2D eigenvalue weighted by Gasteiger charge is 2.21. The number of rotatable bonds is 7. The molecule has 1 amide bonds. The van der Waals surface area contributed by atoms with Gasteiger partial charge in [-0.1, -0.05) is 41.6 Å². The Kier molecular flexibility index (Phi) is 6.60. The lowest BCUT2D eigenvalue weighted by atomic mass is 10.2. The number of ether oxygens (including phenoxy) is 1. The van der Waals surface area contributed by atoms with Crippen LogP contribution in [0, 0.1) is 0 Å². The van der Waals surface area contributed by atoms with Crippen molar-refractivity contribution in [2.24, 2.45) is 0 Å². The highest BCUT2D eigenvalue weighted by atomic mass is 35.5. The van der Waals surface area contributed by atoms with E-state index in [0.29, 0.717) is 27.3 Å². The Balaban J connectivity index is 1.54. The Morgan fingerprint density at radius 2 is 2.10 bits per heavy atom. The van der Waals surface area contributed by atoms with Gasteiger partial charge in [0.1, 0.15) is 5.75 Å². The molecule has 0 aliphatic carbocycles. The summed E-state index contributed by atoms with van der Waals surface area (Å²) in [7, 11) is 1.59. The number of carbonyl (C=O) groups excluding carboxylic acids is 1. The Hall–Kier alpha value is -2.81. The minimum Gasteiger partial charge on any atom is -0.495 e. The van der Waals surface area contributed by atoms with Crippen LogP contribution in [-0.4, -0.2) is 27.6 Å². The second-order valence-corrected chi connectivity index (χ2v) is 8.71. The molecule has 0 saturated carbocycles. The number of benzene rings is 2. The number of para-hydroxylation sites is 2. The van der Waals surface area contributed by atoms with E-state index < -0.39 is 0 Å². The van der Waals surface area contributed by atoms with E-state index in [1.54, 1.807) is 30.0 Å². The van der Waals surface area contributed by atoms with Crippen LogP contribution < -0.4 is 9.64 Å². The lowest BCUT2D eigenvalue weighted by Gasteiger charge is -2.20. The van der Waals surface area contributed by atoms with Crippen molar-refractivity contribution in [3.63, 3.8) is 0 Å². The number of hydrogen-bond acceptors (Lipinski definition) is 6. The van der Waals surface area contributed by atoms with Gasteiger partial charge in [-0.2, -0.15) is 0 Å². The molecule has 0 saturated heterocycles. The van der Waals surface area contributed by atoms with Gasteiger partial charge in [0, 0.05) is 41.2 Å². The Morgan fingerprint density at radius 1 is 1.26 bits per heavy atom. The molecule has 0 atom stereocenters. The summed E-state index contributed by atoms with van der Waals surface area (Å²) in [5.74, 6) is 1.10. The highest BCUT2D eigenvalue weighted by Crippen LogP contribution is 2.36. The van der Waals surface area contributed by atoms with E-state index in [1.807, 2.05) is 64.7 Å². The van der Waals surface area contributed by atoms with E-state index in [2.05, 4.69) is 9.97 Å². The number of thioether (sulfide) groups is 1. The monoisotopic (exact) mass is 470 g/mol. The zero-order valence-electron chi connectivity index (χ0n) is 16.9. The fraction of sp³-hybridized carbons (Fsp3) is 0.136. The molecule has 4 aromatic rings. The van der Waals surface area contributed by atoms with Crippen molar-refractivity contribution in [3.8, 4) is 11.4 Å². The van der Waals surface area contributed by atoms with Crippen LogP contribution in [0.1, 0.15) is 12.6 Å². The average molecular weight is 471 g/mol. The lowest BCUT2D eigenvalue weighted by Crippen LogP contribution is -2.23. The van der Waals surface area contributed by atoms with Crippen molar-refractivity contribution in [3.05, 3.63) is 77.0 Å². The predicted octanol–water partition coefficient (Wildman–Crippen LogP) is 5.97. The maximum atomic E-state index is 12.4. The molecular weight excluding hydrogens is 452 g/mol. The minimum atomic E-state index is -0.130. The van der Waals surface area contributed by atoms with Gasteiger partial charge in [0.15, 0.2) is 10.3 Å². The number of hydrogen-bond donors (Lipinski definition) is 0. The maximum Gasteiger partial charge on any atom is 0.230 e. The topological polar surface area (TPSA) is 60.2 Å². The maximum absolute atomic E-state index is 12.4. The number of methoxy groups -OCH3 is 1. The van der Waals surface area contributed by atoms with Gasteiger partial charge >= 0.3 is 0 Å². The third-order valence-electron chi connectivity index (χ3n) is 4.41. The predicted molar refractivity (Wildman–Crippen MR) is 126 cm³/mol. The summed E-state index contributed by atoms with van der Waals surface area (Å²) in [5.41, 5.74) is 2.49. The van der Waals surface area contributed by atoms with Crippen LogP contribution >= 0.6 is 34.7 Å². The first-order chi connectivity index (χ1) is 15.1. The third kappa shape index (κ3) is 4.76. The van der Waals surface area contributed by atoms with Gasteiger partial charge in [-0.3, -0.25) is 14.3 Å². The summed E-state index contributed by atoms with van der Waals surface area (Å²) in [4.78, 5) is 23.1. The van der Waals surface area contributed by atoms with Crippen LogP contribution in [0.15, 0.2) is 71.5 Å². The molecule has 6 nitrogen and oxygen atoms in total. The lowest BCUT2D eigenvalue weighted by molar-refractivity contribution is -0.115. The van der Waals surface area contributed by atoms with Crippen LogP contribution in [-0.2, 0) is 10.5 Å². The summed E-state index contributed by atoms with van der Waals surface area (Å²) in [6.45, 7) is 1.52. The van der Waals surface area contributed by atoms with E-state index in [-0.39, 0.29) is 5.91 Å². The standard InChI is InChI=1S/C22H19ClN4O2S2/c1-15(28)27(19-8-3-4-9-20(19)29-2)22-25-17(14-31-22)13-30-21-24-10-11-26(21)18-7-5-6-16(23)12-18/h3-12,14H,13H2,1-2H3. The van der Waals surface area contributed by atoms with E-state index in [4.69, 9.17) is 16.3 Å². The Morgan fingerprint density at radius 3 is 2.87 bits per heavy atom. The number of imidazole rings is 1. The zero-order chi connectivity index (χ0) is 21.8. The van der Waals surface area contributed by atoms with Crippen LogP contribution in [0.2, 0.25) is 5.02 Å². The second kappa shape index (κ2) is 9.55. The smallest absolute Gasteiger partial charge is 0.230 e. The normalized spacial score (nSPS) is 10.8. The molecule has 2 heterocycles. The Labute approximate surface area is 193 Å². The summed E-state index contributed by atoms with van der Waals surface area (Å²) in [6, 6.07) is 15.0. The van der Waals surface area contributed by atoms with Gasteiger partial charge in [-0.05, 0) is 30.3 Å². The van der Waals surface area contributed by atoms with Crippen LogP contribution in [0.25, 0.3) is 5.69 Å². The molecule has 0 unspecified atom stereocenters. The van der Waals surface area contributed by atoms with Crippen LogP contribution in [0.3, 0.4) is 0 Å². The molecule has 31 heavy (non-hydrogen) atoms. The molecule has 9 heteroatoms. The van der Waals surface area contributed by atoms with E-state index in [9.17, 15) is 4.79 Å². The van der Waals surface area contributed by atoms with Crippen molar-refractivity contribution >= 4 is 51.4 Å². The fourth-order valence-corrected chi connectivity index (χ4v) is 5.08. The van der Waals surface area contributed by atoms with Gasteiger partial charge in [0.2, 0.25) is 5.91 Å². The van der Waals surface area contributed by atoms with Crippen molar-refractivity contribution in [2.75, 3.05) is 12.0 Å². The summed E-state index contributed by atoms with van der Waals surface area (Å²) >= 11 is 9.12. The van der Waals surface area contributed by atoms with Gasteiger partial charge < -0.3 is 4.74 Å². The molecule has 0 aliphatic heterocycles. The number of amides is 1. The second-order valence-electron chi connectivity index (χ2n) is 6.50. The van der Waals surface area contributed by atoms with Gasteiger partial charge in [0.05, 0.1) is 18.5 Å². The molecule has 0 aliphatic rings. The summed E-state index contributed by atoms with van der Waals surface area (Å²) in [6.07, 6.45) is 3.66. The van der Waals surface area contributed by atoms with Crippen molar-refractivity contribution in [1.29, 1.82) is 0 Å². The molecule has 0 N–H and O–H groups in total. The number of nitrogens with zero attached hydrogens (tertiary/aromatic N) is 4.